The molecule has 1 aromatic rings. The van der Waals surface area contributed by atoms with E-state index in [0.717, 1.165) is 0 Å². The van der Waals surface area contributed by atoms with Crippen molar-refractivity contribution < 1.29 is 9.50 Å². The zero-order chi connectivity index (χ0) is 11.8. The maximum absolute atomic E-state index is 13.0. The first-order valence-electron chi connectivity index (χ1n) is 4.77. The van der Waals surface area contributed by atoms with Gasteiger partial charge in [0.1, 0.15) is 17.3 Å². The predicted molar refractivity (Wildman–Crippen MR) is 66.1 cm³/mol. The van der Waals surface area contributed by atoms with E-state index < -0.39 is 5.82 Å². The summed E-state index contributed by atoms with van der Waals surface area (Å²) in [5.74, 6) is -0.880. The minimum atomic E-state index is -0.627. The van der Waals surface area contributed by atoms with Gasteiger partial charge in [-0.05, 0) is 11.5 Å². The third-order valence-corrected chi connectivity index (χ3v) is 2.46. The van der Waals surface area contributed by atoms with Crippen LogP contribution in [0.5, 0.6) is 5.75 Å². The SMILES string of the molecule is CC(C)(C)[C@@H](N)c1ccc(F)c(N)c1O.Cl. The largest absolute Gasteiger partial charge is 0.505 e. The van der Waals surface area contributed by atoms with Crippen LogP contribution >= 0.6 is 12.4 Å². The Morgan fingerprint density at radius 2 is 1.81 bits per heavy atom. The minimum Gasteiger partial charge on any atom is -0.505 e. The van der Waals surface area contributed by atoms with E-state index in [-0.39, 0.29) is 35.3 Å². The Morgan fingerprint density at radius 1 is 1.31 bits per heavy atom. The normalized spacial score (nSPS) is 13.1. The smallest absolute Gasteiger partial charge is 0.149 e. The maximum atomic E-state index is 13.0. The van der Waals surface area contributed by atoms with Crippen molar-refractivity contribution in [3.63, 3.8) is 0 Å². The Kier molecular flexibility index (Phi) is 4.58. The highest BCUT2D eigenvalue weighted by molar-refractivity contribution is 5.85. The molecule has 0 radical (unpaired) electrons. The summed E-state index contributed by atoms with van der Waals surface area (Å²) < 4.78 is 13.0. The van der Waals surface area contributed by atoms with E-state index in [2.05, 4.69) is 0 Å². The summed E-state index contributed by atoms with van der Waals surface area (Å²) in [7, 11) is 0. The molecule has 1 aromatic carbocycles. The molecule has 0 aliphatic rings. The van der Waals surface area contributed by atoms with E-state index in [9.17, 15) is 9.50 Å². The fourth-order valence-electron chi connectivity index (χ4n) is 1.32. The Bertz CT molecular complexity index is 377. The minimum absolute atomic E-state index is 0. The van der Waals surface area contributed by atoms with Gasteiger partial charge in [0.2, 0.25) is 0 Å². The van der Waals surface area contributed by atoms with Crippen molar-refractivity contribution in [1.82, 2.24) is 0 Å². The first kappa shape index (κ1) is 15.0. The van der Waals surface area contributed by atoms with E-state index in [1.165, 1.54) is 12.1 Å². The summed E-state index contributed by atoms with van der Waals surface area (Å²) in [6.07, 6.45) is 0. The van der Waals surface area contributed by atoms with Crippen LogP contribution < -0.4 is 11.5 Å². The molecule has 0 fully saturated rings. The second-order valence-electron chi connectivity index (χ2n) is 4.74. The van der Waals surface area contributed by atoms with Gasteiger partial charge in [-0.3, -0.25) is 0 Å². The third kappa shape index (κ3) is 2.77. The first-order chi connectivity index (χ1) is 6.75. The highest BCUT2D eigenvalue weighted by Gasteiger charge is 2.26. The predicted octanol–water partition coefficient (Wildman–Crippen LogP) is 2.58. The molecule has 0 aliphatic carbocycles. The molecule has 5 heteroatoms. The number of halogens is 2. The molecule has 0 amide bonds. The van der Waals surface area contributed by atoms with Crippen LogP contribution in [0.2, 0.25) is 0 Å². The number of benzene rings is 1. The van der Waals surface area contributed by atoms with Gasteiger partial charge in [-0.1, -0.05) is 26.8 Å². The summed E-state index contributed by atoms with van der Waals surface area (Å²) in [5, 5.41) is 9.67. The molecule has 1 atom stereocenters. The standard InChI is InChI=1S/C11H17FN2O.ClH/c1-11(2,3)10(14)6-4-5-7(12)8(13)9(6)15;/h4-5,10,15H,13-14H2,1-3H3;1H/t10-;/m0./s1. The number of phenols is 1. The van der Waals surface area contributed by atoms with Crippen LogP contribution in [0.15, 0.2) is 12.1 Å². The summed E-state index contributed by atoms with van der Waals surface area (Å²) in [6, 6.07) is 2.30. The second-order valence-corrected chi connectivity index (χ2v) is 4.74. The van der Waals surface area contributed by atoms with Gasteiger partial charge in [-0.2, -0.15) is 0 Å². The lowest BCUT2D eigenvalue weighted by Gasteiger charge is -2.28. The van der Waals surface area contributed by atoms with Gasteiger partial charge in [0.15, 0.2) is 0 Å². The summed E-state index contributed by atoms with van der Waals surface area (Å²) in [5.41, 5.74) is 11.3. The third-order valence-electron chi connectivity index (χ3n) is 2.46. The summed E-state index contributed by atoms with van der Waals surface area (Å²) >= 11 is 0. The van der Waals surface area contributed by atoms with Crippen LogP contribution in [0.4, 0.5) is 10.1 Å². The van der Waals surface area contributed by atoms with Crippen LogP contribution in [0.3, 0.4) is 0 Å². The zero-order valence-corrected chi connectivity index (χ0v) is 10.4. The average Bonchev–Trinajstić information content (AvgIpc) is 2.12. The molecule has 92 valence electrons. The highest BCUT2D eigenvalue weighted by atomic mass is 35.5. The molecule has 0 heterocycles. The van der Waals surface area contributed by atoms with Crippen molar-refractivity contribution in [2.45, 2.75) is 26.8 Å². The Morgan fingerprint density at radius 3 is 2.25 bits per heavy atom. The number of nitrogen functional groups attached to an aromatic ring is 1. The van der Waals surface area contributed by atoms with Crippen LogP contribution in [0.1, 0.15) is 32.4 Å². The average molecular weight is 249 g/mol. The molecule has 5 N–H and O–H groups in total. The lowest BCUT2D eigenvalue weighted by atomic mass is 9.82. The molecule has 3 nitrogen and oxygen atoms in total. The van der Waals surface area contributed by atoms with Crippen LogP contribution in [0.25, 0.3) is 0 Å². The molecule has 16 heavy (non-hydrogen) atoms. The molecule has 0 unspecified atom stereocenters. The van der Waals surface area contributed by atoms with E-state index in [1.807, 2.05) is 20.8 Å². The van der Waals surface area contributed by atoms with Gasteiger partial charge < -0.3 is 16.6 Å². The van der Waals surface area contributed by atoms with Crippen LogP contribution in [-0.4, -0.2) is 5.11 Å². The molecule has 0 saturated carbocycles. The van der Waals surface area contributed by atoms with Crippen molar-refractivity contribution in [1.29, 1.82) is 0 Å². The number of hydrogen-bond donors (Lipinski definition) is 3. The molecule has 0 saturated heterocycles. The molecule has 1 rings (SSSR count). The van der Waals surface area contributed by atoms with Crippen molar-refractivity contribution in [3.8, 4) is 5.75 Å². The number of phenolic OH excluding ortho intramolecular Hbond substituents is 1. The van der Waals surface area contributed by atoms with Crippen molar-refractivity contribution in [3.05, 3.63) is 23.5 Å². The zero-order valence-electron chi connectivity index (χ0n) is 9.62. The molecular weight excluding hydrogens is 231 g/mol. The van der Waals surface area contributed by atoms with E-state index >= 15 is 0 Å². The number of hydrogen-bond acceptors (Lipinski definition) is 3. The lowest BCUT2D eigenvalue weighted by molar-refractivity contribution is 0.317. The summed E-state index contributed by atoms with van der Waals surface area (Å²) in [4.78, 5) is 0. The Hall–Kier alpha value is -1.00. The fourth-order valence-corrected chi connectivity index (χ4v) is 1.32. The Labute approximate surface area is 101 Å². The highest BCUT2D eigenvalue weighted by Crippen LogP contribution is 2.38. The molecule has 0 aliphatic heterocycles. The quantitative estimate of drug-likeness (QED) is 0.528. The molecule has 0 aromatic heterocycles. The molecule has 0 spiro atoms. The number of rotatable bonds is 1. The van der Waals surface area contributed by atoms with Gasteiger partial charge in [-0.15, -0.1) is 12.4 Å². The lowest BCUT2D eigenvalue weighted by Crippen LogP contribution is -2.26. The van der Waals surface area contributed by atoms with Gasteiger partial charge in [0, 0.05) is 11.6 Å². The van der Waals surface area contributed by atoms with Gasteiger partial charge >= 0.3 is 0 Å². The Balaban J connectivity index is 0.00000225. The molecule has 0 bridgehead atoms. The van der Waals surface area contributed by atoms with Crippen LogP contribution in [-0.2, 0) is 0 Å². The summed E-state index contributed by atoms with van der Waals surface area (Å²) in [6.45, 7) is 5.82. The van der Waals surface area contributed by atoms with E-state index in [4.69, 9.17) is 11.5 Å². The van der Waals surface area contributed by atoms with Gasteiger partial charge in [0.05, 0.1) is 0 Å². The van der Waals surface area contributed by atoms with Crippen molar-refractivity contribution in [2.75, 3.05) is 5.73 Å². The number of aromatic hydroxyl groups is 1. The van der Waals surface area contributed by atoms with Crippen molar-refractivity contribution >= 4 is 18.1 Å². The first-order valence-corrected chi connectivity index (χ1v) is 4.77. The van der Waals surface area contributed by atoms with E-state index in [0.29, 0.717) is 5.56 Å². The fraction of sp³-hybridized carbons (Fsp3) is 0.455. The number of anilines is 1. The monoisotopic (exact) mass is 248 g/mol. The van der Waals surface area contributed by atoms with E-state index in [1.54, 1.807) is 0 Å². The second kappa shape index (κ2) is 4.89. The van der Waals surface area contributed by atoms with Crippen molar-refractivity contribution in [2.24, 2.45) is 11.1 Å². The van der Waals surface area contributed by atoms with Crippen LogP contribution in [0, 0.1) is 11.2 Å². The maximum Gasteiger partial charge on any atom is 0.149 e. The number of nitrogens with two attached hydrogens (primary N) is 2. The topological polar surface area (TPSA) is 72.3 Å². The molecular formula is C11H18ClFN2O. The van der Waals surface area contributed by atoms with Gasteiger partial charge in [-0.25, -0.2) is 4.39 Å². The van der Waals surface area contributed by atoms with Gasteiger partial charge in [0.25, 0.3) is 0 Å².